The second-order valence-corrected chi connectivity index (χ2v) is 6.91. The molecule has 1 heterocycles. The molecule has 1 unspecified atom stereocenters. The minimum Gasteiger partial charge on any atom is -0.294 e. The van der Waals surface area contributed by atoms with Gasteiger partial charge >= 0.3 is 0 Å². The zero-order valence-electron chi connectivity index (χ0n) is 15.4. The largest absolute Gasteiger partial charge is 0.294 e. The molecule has 1 aromatic heterocycles. The van der Waals surface area contributed by atoms with Gasteiger partial charge in [0.2, 0.25) is 0 Å². The molecule has 1 aliphatic rings. The van der Waals surface area contributed by atoms with Gasteiger partial charge in [0, 0.05) is 23.8 Å². The highest BCUT2D eigenvalue weighted by molar-refractivity contribution is 6.25. The van der Waals surface area contributed by atoms with E-state index in [1.165, 1.54) is 13.0 Å². The zero-order valence-corrected chi connectivity index (χ0v) is 15.4. The Morgan fingerprint density at radius 3 is 2.38 bits per heavy atom. The van der Waals surface area contributed by atoms with Crippen LogP contribution in [-0.4, -0.2) is 22.3 Å². The Bertz CT molecular complexity index is 946. The van der Waals surface area contributed by atoms with Crippen molar-refractivity contribution in [3.63, 3.8) is 0 Å². The van der Waals surface area contributed by atoms with E-state index in [9.17, 15) is 14.4 Å². The summed E-state index contributed by atoms with van der Waals surface area (Å²) in [6.07, 6.45) is 3.21. The van der Waals surface area contributed by atoms with Crippen molar-refractivity contribution < 1.29 is 14.4 Å². The normalized spacial score (nSPS) is 16.8. The smallest absolute Gasteiger partial charge is 0.174 e. The Kier molecular flexibility index (Phi) is 4.68. The lowest BCUT2D eigenvalue weighted by atomic mass is 9.85. The van der Waals surface area contributed by atoms with Crippen molar-refractivity contribution in [1.82, 2.24) is 4.98 Å². The average molecular weight is 347 g/mol. The molecular formula is C22H21NO3. The fourth-order valence-corrected chi connectivity index (χ4v) is 3.78. The summed E-state index contributed by atoms with van der Waals surface area (Å²) < 4.78 is 0. The average Bonchev–Trinajstić information content (AvgIpc) is 2.82. The molecule has 0 radical (unpaired) electrons. The quantitative estimate of drug-likeness (QED) is 0.626. The standard InChI is InChI=1S/C22H21NO3/c1-12-8-13(2)20(14(3)9-12)21-19(25)11-16(22(21)26)10-18-17(15(4)24)6-5-7-23-18/h5-9,11,21H,10H2,1-4H3. The van der Waals surface area contributed by atoms with Crippen molar-refractivity contribution in [3.8, 4) is 0 Å². The molecule has 0 amide bonds. The monoisotopic (exact) mass is 347 g/mol. The van der Waals surface area contributed by atoms with E-state index in [1.807, 2.05) is 32.9 Å². The van der Waals surface area contributed by atoms with Crippen LogP contribution < -0.4 is 0 Å². The Balaban J connectivity index is 1.95. The number of ketones is 3. The minimum absolute atomic E-state index is 0.104. The van der Waals surface area contributed by atoms with Crippen LogP contribution in [0.2, 0.25) is 0 Å². The number of benzene rings is 1. The molecular weight excluding hydrogens is 326 g/mol. The number of Topliss-reactive ketones (excluding diaryl/α,β-unsaturated/α-hetero) is 2. The summed E-state index contributed by atoms with van der Waals surface area (Å²) in [6.45, 7) is 7.33. The zero-order chi connectivity index (χ0) is 19.0. The number of allylic oxidation sites excluding steroid dienone is 2. The molecule has 0 bridgehead atoms. The lowest BCUT2D eigenvalue weighted by molar-refractivity contribution is -0.122. The molecule has 4 heteroatoms. The summed E-state index contributed by atoms with van der Waals surface area (Å²) in [7, 11) is 0. The van der Waals surface area contributed by atoms with Crippen molar-refractivity contribution in [1.29, 1.82) is 0 Å². The number of carbonyl (C=O) groups excluding carboxylic acids is 3. The predicted molar refractivity (Wildman–Crippen MR) is 99.4 cm³/mol. The van der Waals surface area contributed by atoms with Gasteiger partial charge in [-0.1, -0.05) is 17.7 Å². The highest BCUT2D eigenvalue weighted by Crippen LogP contribution is 2.34. The maximum absolute atomic E-state index is 13.0. The van der Waals surface area contributed by atoms with Gasteiger partial charge in [0.05, 0.1) is 5.69 Å². The van der Waals surface area contributed by atoms with E-state index in [0.29, 0.717) is 16.8 Å². The Hall–Kier alpha value is -2.88. The van der Waals surface area contributed by atoms with Gasteiger partial charge in [-0.05, 0) is 62.6 Å². The summed E-state index contributed by atoms with van der Waals surface area (Å²) in [4.78, 5) is 41.6. The summed E-state index contributed by atoms with van der Waals surface area (Å²) in [5.74, 6) is -1.27. The van der Waals surface area contributed by atoms with Gasteiger partial charge in [-0.15, -0.1) is 0 Å². The van der Waals surface area contributed by atoms with Crippen LogP contribution in [0.4, 0.5) is 0 Å². The fourth-order valence-electron chi connectivity index (χ4n) is 3.78. The van der Waals surface area contributed by atoms with Crippen molar-refractivity contribution >= 4 is 17.3 Å². The third kappa shape index (κ3) is 3.15. The molecule has 1 aliphatic carbocycles. The lowest BCUT2D eigenvalue weighted by Gasteiger charge is -2.16. The van der Waals surface area contributed by atoms with Crippen molar-refractivity contribution in [2.45, 2.75) is 40.0 Å². The van der Waals surface area contributed by atoms with Crippen LogP contribution in [-0.2, 0) is 16.0 Å². The van der Waals surface area contributed by atoms with Crippen LogP contribution in [0.3, 0.4) is 0 Å². The maximum atomic E-state index is 13.0. The Labute approximate surface area is 153 Å². The molecule has 0 fully saturated rings. The SMILES string of the molecule is CC(=O)c1cccnc1CC1=CC(=O)C(c2c(C)cc(C)cc2C)C1=O. The summed E-state index contributed by atoms with van der Waals surface area (Å²) in [5.41, 5.74) is 5.24. The Morgan fingerprint density at radius 2 is 1.77 bits per heavy atom. The van der Waals surface area contributed by atoms with Crippen molar-refractivity contribution in [2.75, 3.05) is 0 Å². The molecule has 132 valence electrons. The van der Waals surface area contributed by atoms with Gasteiger partial charge in [-0.3, -0.25) is 19.4 Å². The van der Waals surface area contributed by atoms with E-state index in [4.69, 9.17) is 0 Å². The van der Waals surface area contributed by atoms with Crippen LogP contribution in [0, 0.1) is 20.8 Å². The molecule has 0 N–H and O–H groups in total. The molecule has 0 saturated heterocycles. The van der Waals surface area contributed by atoms with E-state index >= 15 is 0 Å². The number of rotatable bonds is 4. The molecule has 2 aromatic rings. The van der Waals surface area contributed by atoms with Gasteiger partial charge in [0.25, 0.3) is 0 Å². The molecule has 26 heavy (non-hydrogen) atoms. The van der Waals surface area contributed by atoms with Gasteiger partial charge in [-0.25, -0.2) is 0 Å². The molecule has 1 atom stereocenters. The predicted octanol–water partition coefficient (Wildman–Crippen LogP) is 3.61. The molecule has 0 aliphatic heterocycles. The number of pyridine rings is 1. The highest BCUT2D eigenvalue weighted by Gasteiger charge is 2.37. The number of carbonyl (C=O) groups is 3. The summed E-state index contributed by atoms with van der Waals surface area (Å²) >= 11 is 0. The third-order valence-corrected chi connectivity index (χ3v) is 4.83. The highest BCUT2D eigenvalue weighted by atomic mass is 16.2. The van der Waals surface area contributed by atoms with Crippen LogP contribution in [0.1, 0.15) is 51.1 Å². The van der Waals surface area contributed by atoms with E-state index in [0.717, 1.165) is 22.3 Å². The van der Waals surface area contributed by atoms with Gasteiger partial charge in [-0.2, -0.15) is 0 Å². The number of aryl methyl sites for hydroxylation is 3. The van der Waals surface area contributed by atoms with Crippen molar-refractivity contribution in [3.05, 3.63) is 75.6 Å². The van der Waals surface area contributed by atoms with Crippen LogP contribution >= 0.6 is 0 Å². The van der Waals surface area contributed by atoms with Gasteiger partial charge in [0.15, 0.2) is 17.3 Å². The van der Waals surface area contributed by atoms with E-state index in [1.54, 1.807) is 18.3 Å². The number of nitrogens with zero attached hydrogens (tertiary/aromatic N) is 1. The third-order valence-electron chi connectivity index (χ3n) is 4.83. The first kappa shape index (κ1) is 17.9. The number of hydrogen-bond donors (Lipinski definition) is 0. The number of hydrogen-bond acceptors (Lipinski definition) is 4. The number of aromatic nitrogens is 1. The molecule has 0 saturated carbocycles. The first-order valence-corrected chi connectivity index (χ1v) is 8.60. The van der Waals surface area contributed by atoms with E-state index in [2.05, 4.69) is 4.98 Å². The first-order valence-electron chi connectivity index (χ1n) is 8.60. The molecule has 1 aromatic carbocycles. The van der Waals surface area contributed by atoms with Gasteiger partial charge < -0.3 is 0 Å². The minimum atomic E-state index is -0.782. The van der Waals surface area contributed by atoms with Gasteiger partial charge in [0.1, 0.15) is 5.92 Å². The van der Waals surface area contributed by atoms with Crippen molar-refractivity contribution in [2.24, 2.45) is 0 Å². The van der Waals surface area contributed by atoms with Crippen LogP contribution in [0.15, 0.2) is 42.1 Å². The fraction of sp³-hybridized carbons (Fsp3) is 0.273. The maximum Gasteiger partial charge on any atom is 0.174 e. The van der Waals surface area contributed by atoms with Crippen LogP contribution in [0.5, 0.6) is 0 Å². The molecule has 3 rings (SSSR count). The topological polar surface area (TPSA) is 64.1 Å². The molecule has 4 nitrogen and oxygen atoms in total. The summed E-state index contributed by atoms with van der Waals surface area (Å²) in [5, 5.41) is 0. The summed E-state index contributed by atoms with van der Waals surface area (Å²) in [6, 6.07) is 7.37. The van der Waals surface area contributed by atoms with E-state index in [-0.39, 0.29) is 23.8 Å². The Morgan fingerprint density at radius 1 is 1.12 bits per heavy atom. The van der Waals surface area contributed by atoms with E-state index < -0.39 is 5.92 Å². The second-order valence-electron chi connectivity index (χ2n) is 6.91. The van der Waals surface area contributed by atoms with Crippen LogP contribution in [0.25, 0.3) is 0 Å². The first-order chi connectivity index (χ1) is 12.3. The molecule has 0 spiro atoms. The lowest BCUT2D eigenvalue weighted by Crippen LogP contribution is -2.18. The second kappa shape index (κ2) is 6.79.